The van der Waals surface area contributed by atoms with Gasteiger partial charge in [0.2, 0.25) is 11.8 Å². The van der Waals surface area contributed by atoms with E-state index < -0.39 is 28.5 Å². The van der Waals surface area contributed by atoms with Gasteiger partial charge in [0.15, 0.2) is 0 Å². The molecule has 0 saturated carbocycles. The molecular weight excluding hydrogens is 526 g/mol. The summed E-state index contributed by atoms with van der Waals surface area (Å²) in [5.74, 6) is -0.669. The Hall–Kier alpha value is -3.56. The van der Waals surface area contributed by atoms with Crippen LogP contribution < -0.4 is 14.4 Å². The van der Waals surface area contributed by atoms with Gasteiger partial charge in [0, 0.05) is 18.6 Å². The molecule has 0 aliphatic rings. The molecule has 202 valence electrons. The third-order valence-corrected chi connectivity index (χ3v) is 8.13. The number of carbonyl (C=O) groups excluding carboxylic acids is 2. The standard InChI is InChI=1S/C28H32ClN3O5S/c1-5-24(28(34)30-3)31(18-21-9-7-6-8-10-21)27(33)19-32(25-17-22(29)13-16-26(25)37-4)38(35,36)23-14-11-20(2)12-15-23/h6-17,24H,5,18-19H2,1-4H3,(H,30,34)/t24-/m1/s1. The molecule has 0 aliphatic carbocycles. The van der Waals surface area contributed by atoms with Gasteiger partial charge < -0.3 is 15.0 Å². The minimum atomic E-state index is -4.23. The Morgan fingerprint density at radius 2 is 1.68 bits per heavy atom. The normalized spacial score (nSPS) is 11.9. The van der Waals surface area contributed by atoms with Gasteiger partial charge in [-0.3, -0.25) is 13.9 Å². The first-order valence-corrected chi connectivity index (χ1v) is 13.9. The van der Waals surface area contributed by atoms with E-state index in [4.69, 9.17) is 16.3 Å². The zero-order chi connectivity index (χ0) is 27.9. The van der Waals surface area contributed by atoms with E-state index in [0.29, 0.717) is 6.42 Å². The Kier molecular flexibility index (Phi) is 9.77. The summed E-state index contributed by atoms with van der Waals surface area (Å²) < 4.78 is 34.3. The number of carbonyl (C=O) groups is 2. The maximum Gasteiger partial charge on any atom is 0.264 e. The number of rotatable bonds is 11. The third kappa shape index (κ3) is 6.65. The molecule has 2 amide bonds. The van der Waals surface area contributed by atoms with Crippen LogP contribution in [-0.4, -0.2) is 51.9 Å². The molecule has 0 aromatic heterocycles. The number of nitrogens with one attached hydrogen (secondary N) is 1. The molecule has 3 rings (SSSR count). The highest BCUT2D eigenvalue weighted by Gasteiger charge is 2.34. The van der Waals surface area contributed by atoms with Crippen molar-refractivity contribution in [3.05, 3.63) is 88.9 Å². The molecule has 0 fully saturated rings. The van der Waals surface area contributed by atoms with Gasteiger partial charge >= 0.3 is 0 Å². The van der Waals surface area contributed by atoms with Crippen molar-refractivity contribution in [2.45, 2.75) is 37.8 Å². The molecular formula is C28H32ClN3O5S. The highest BCUT2D eigenvalue weighted by atomic mass is 35.5. The summed E-state index contributed by atoms with van der Waals surface area (Å²) in [4.78, 5) is 28.1. The number of hydrogen-bond donors (Lipinski definition) is 1. The van der Waals surface area contributed by atoms with Crippen LogP contribution in [0.1, 0.15) is 24.5 Å². The minimum Gasteiger partial charge on any atom is -0.495 e. The molecule has 0 unspecified atom stereocenters. The summed E-state index contributed by atoms with van der Waals surface area (Å²) >= 11 is 6.25. The molecule has 3 aromatic carbocycles. The van der Waals surface area contributed by atoms with Gasteiger partial charge in [-0.15, -0.1) is 0 Å². The van der Waals surface area contributed by atoms with E-state index in [1.165, 1.54) is 37.3 Å². The van der Waals surface area contributed by atoms with Crippen molar-refractivity contribution in [2.75, 3.05) is 25.0 Å². The largest absolute Gasteiger partial charge is 0.495 e. The van der Waals surface area contributed by atoms with E-state index in [1.54, 1.807) is 31.2 Å². The molecule has 10 heteroatoms. The van der Waals surface area contributed by atoms with Crippen molar-refractivity contribution >= 4 is 39.1 Å². The van der Waals surface area contributed by atoms with E-state index in [1.807, 2.05) is 37.3 Å². The van der Waals surface area contributed by atoms with Gasteiger partial charge in [-0.25, -0.2) is 8.42 Å². The first kappa shape index (κ1) is 29.0. The fraction of sp³-hybridized carbons (Fsp3) is 0.286. The number of benzene rings is 3. The second-order valence-corrected chi connectivity index (χ2v) is 11.0. The fourth-order valence-corrected chi connectivity index (χ4v) is 5.66. The van der Waals surface area contributed by atoms with Gasteiger partial charge in [0.1, 0.15) is 18.3 Å². The SMILES string of the molecule is CC[C@H](C(=O)NC)N(Cc1ccccc1)C(=O)CN(c1cc(Cl)ccc1OC)S(=O)(=O)c1ccc(C)cc1. The quantitative estimate of drug-likeness (QED) is 0.377. The molecule has 0 aliphatic heterocycles. The first-order valence-electron chi connectivity index (χ1n) is 12.1. The minimum absolute atomic E-state index is 0.00545. The van der Waals surface area contributed by atoms with Crippen LogP contribution in [0.25, 0.3) is 0 Å². The predicted molar refractivity (Wildman–Crippen MR) is 149 cm³/mol. The van der Waals surface area contributed by atoms with Crippen LogP contribution in [-0.2, 0) is 26.2 Å². The second-order valence-electron chi connectivity index (χ2n) is 8.69. The molecule has 0 saturated heterocycles. The van der Waals surface area contributed by atoms with E-state index in [0.717, 1.165) is 15.4 Å². The van der Waals surface area contributed by atoms with Gasteiger partial charge in [-0.2, -0.15) is 0 Å². The maximum absolute atomic E-state index is 13.9. The number of amides is 2. The van der Waals surface area contributed by atoms with Crippen LogP contribution >= 0.6 is 11.6 Å². The molecule has 1 N–H and O–H groups in total. The molecule has 0 spiro atoms. The van der Waals surface area contributed by atoms with Crippen LogP contribution in [0, 0.1) is 6.92 Å². The highest BCUT2D eigenvalue weighted by molar-refractivity contribution is 7.92. The zero-order valence-corrected chi connectivity index (χ0v) is 23.4. The average molecular weight is 558 g/mol. The maximum atomic E-state index is 13.9. The van der Waals surface area contributed by atoms with Crippen LogP contribution in [0.2, 0.25) is 5.02 Å². The van der Waals surface area contributed by atoms with Gasteiger partial charge in [-0.05, 0) is 49.2 Å². The lowest BCUT2D eigenvalue weighted by molar-refractivity contribution is -0.140. The van der Waals surface area contributed by atoms with Gasteiger partial charge in [0.05, 0.1) is 17.7 Å². The molecule has 38 heavy (non-hydrogen) atoms. The van der Waals surface area contributed by atoms with E-state index in [2.05, 4.69) is 5.32 Å². The lowest BCUT2D eigenvalue weighted by atomic mass is 10.1. The van der Waals surface area contributed by atoms with Crippen LogP contribution in [0.5, 0.6) is 5.75 Å². The molecule has 0 radical (unpaired) electrons. The number of aryl methyl sites for hydroxylation is 1. The summed E-state index contributed by atoms with van der Waals surface area (Å²) in [6.07, 6.45) is 0.337. The molecule has 3 aromatic rings. The first-order chi connectivity index (χ1) is 18.1. The number of sulfonamides is 1. The Balaban J connectivity index is 2.12. The highest BCUT2D eigenvalue weighted by Crippen LogP contribution is 2.35. The van der Waals surface area contributed by atoms with Crippen LogP contribution in [0.3, 0.4) is 0 Å². The summed E-state index contributed by atoms with van der Waals surface area (Å²) in [5, 5.41) is 2.88. The Morgan fingerprint density at radius 3 is 2.26 bits per heavy atom. The lowest BCUT2D eigenvalue weighted by Crippen LogP contribution is -2.51. The number of methoxy groups -OCH3 is 1. The number of anilines is 1. The smallest absolute Gasteiger partial charge is 0.264 e. The zero-order valence-electron chi connectivity index (χ0n) is 21.8. The van der Waals surface area contributed by atoms with E-state index >= 15 is 0 Å². The van der Waals surface area contributed by atoms with Crippen molar-refractivity contribution in [3.8, 4) is 5.75 Å². The Bertz CT molecular complexity index is 1360. The number of ether oxygens (including phenoxy) is 1. The molecule has 8 nitrogen and oxygen atoms in total. The average Bonchev–Trinajstić information content (AvgIpc) is 2.92. The number of nitrogens with zero attached hydrogens (tertiary/aromatic N) is 2. The van der Waals surface area contributed by atoms with E-state index in [9.17, 15) is 18.0 Å². The van der Waals surface area contributed by atoms with Crippen molar-refractivity contribution in [3.63, 3.8) is 0 Å². The Morgan fingerprint density at radius 1 is 1.03 bits per heavy atom. The van der Waals surface area contributed by atoms with Crippen LogP contribution in [0.4, 0.5) is 5.69 Å². The predicted octanol–water partition coefficient (Wildman–Crippen LogP) is 4.41. The van der Waals surface area contributed by atoms with Crippen molar-refractivity contribution in [1.29, 1.82) is 0 Å². The topological polar surface area (TPSA) is 96.0 Å². The molecule has 0 bridgehead atoms. The van der Waals surface area contributed by atoms with E-state index in [-0.39, 0.29) is 33.8 Å². The van der Waals surface area contributed by atoms with Gasteiger partial charge in [0.25, 0.3) is 10.0 Å². The monoisotopic (exact) mass is 557 g/mol. The second kappa shape index (κ2) is 12.8. The summed E-state index contributed by atoms with van der Waals surface area (Å²) in [5.41, 5.74) is 1.80. The Labute approximate surface area is 229 Å². The number of likely N-dealkylation sites (N-methyl/N-ethyl adjacent to an activating group) is 1. The number of halogens is 1. The van der Waals surface area contributed by atoms with Crippen molar-refractivity contribution < 1.29 is 22.7 Å². The molecule has 0 heterocycles. The summed E-state index contributed by atoms with van der Waals surface area (Å²) in [6.45, 7) is 3.19. The fourth-order valence-electron chi connectivity index (χ4n) is 4.08. The lowest BCUT2D eigenvalue weighted by Gasteiger charge is -2.33. The number of hydrogen-bond acceptors (Lipinski definition) is 5. The van der Waals surface area contributed by atoms with Crippen LogP contribution in [0.15, 0.2) is 77.7 Å². The summed E-state index contributed by atoms with van der Waals surface area (Å²) in [6, 6.07) is 19.3. The molecule has 1 atom stereocenters. The summed E-state index contributed by atoms with van der Waals surface area (Å²) in [7, 11) is -1.32. The van der Waals surface area contributed by atoms with Crippen molar-refractivity contribution in [2.24, 2.45) is 0 Å². The third-order valence-electron chi connectivity index (χ3n) is 6.13. The van der Waals surface area contributed by atoms with Crippen molar-refractivity contribution in [1.82, 2.24) is 10.2 Å². The van der Waals surface area contributed by atoms with Gasteiger partial charge in [-0.1, -0.05) is 66.6 Å².